The van der Waals surface area contributed by atoms with Gasteiger partial charge in [-0.3, -0.25) is 4.79 Å². The average Bonchev–Trinajstić information content (AvgIpc) is 3.19. The van der Waals surface area contributed by atoms with Gasteiger partial charge in [-0.1, -0.05) is 18.2 Å². The molecule has 0 atom stereocenters. The Morgan fingerprint density at radius 2 is 2.05 bits per heavy atom. The SMILES string of the molecule is COC(=O)CN(C)C(=O)NC1(c2ccccc2N)CC1. The van der Waals surface area contributed by atoms with E-state index in [1.807, 2.05) is 24.3 Å². The summed E-state index contributed by atoms with van der Waals surface area (Å²) in [4.78, 5) is 24.6. The van der Waals surface area contributed by atoms with Crippen LogP contribution in [0.3, 0.4) is 0 Å². The van der Waals surface area contributed by atoms with Gasteiger partial charge in [-0.2, -0.15) is 0 Å². The number of para-hydroxylation sites is 1. The molecule has 6 nitrogen and oxygen atoms in total. The van der Waals surface area contributed by atoms with Gasteiger partial charge in [0.05, 0.1) is 12.6 Å². The van der Waals surface area contributed by atoms with Crippen LogP contribution in [0, 0.1) is 0 Å². The van der Waals surface area contributed by atoms with Gasteiger partial charge in [0.1, 0.15) is 6.54 Å². The Bertz CT molecular complexity index is 526. The zero-order valence-corrected chi connectivity index (χ0v) is 11.7. The van der Waals surface area contributed by atoms with Gasteiger partial charge in [-0.15, -0.1) is 0 Å². The Morgan fingerprint density at radius 3 is 2.60 bits per heavy atom. The molecule has 108 valence electrons. The standard InChI is InChI=1S/C14H19N3O3/c1-17(9-12(18)20-2)13(19)16-14(7-8-14)10-5-3-4-6-11(10)15/h3-6H,7-9,15H2,1-2H3,(H,16,19). The van der Waals surface area contributed by atoms with E-state index in [1.165, 1.54) is 12.0 Å². The molecule has 0 unspecified atom stereocenters. The molecule has 0 aromatic heterocycles. The number of anilines is 1. The van der Waals surface area contributed by atoms with Crippen molar-refractivity contribution < 1.29 is 14.3 Å². The van der Waals surface area contributed by atoms with E-state index in [0.717, 1.165) is 18.4 Å². The second-order valence-electron chi connectivity index (χ2n) is 5.03. The Hall–Kier alpha value is -2.24. The molecule has 2 rings (SSSR count). The fourth-order valence-electron chi connectivity index (χ4n) is 2.15. The molecule has 0 radical (unpaired) electrons. The summed E-state index contributed by atoms with van der Waals surface area (Å²) in [5.74, 6) is -0.452. The van der Waals surface area contributed by atoms with Crippen LogP contribution in [0.1, 0.15) is 18.4 Å². The molecule has 1 aliphatic carbocycles. The molecule has 0 spiro atoms. The molecule has 1 saturated carbocycles. The molecule has 0 bridgehead atoms. The van der Waals surface area contributed by atoms with Crippen molar-refractivity contribution in [1.82, 2.24) is 10.2 Å². The highest BCUT2D eigenvalue weighted by Crippen LogP contribution is 2.47. The first-order valence-corrected chi connectivity index (χ1v) is 6.43. The Kier molecular flexibility index (Phi) is 3.83. The molecule has 6 heteroatoms. The third-order valence-electron chi connectivity index (χ3n) is 3.51. The van der Waals surface area contributed by atoms with E-state index in [9.17, 15) is 9.59 Å². The summed E-state index contributed by atoms with van der Waals surface area (Å²) in [5, 5.41) is 2.95. The maximum atomic E-state index is 12.1. The van der Waals surface area contributed by atoms with E-state index >= 15 is 0 Å². The van der Waals surface area contributed by atoms with Crippen molar-refractivity contribution in [1.29, 1.82) is 0 Å². The summed E-state index contributed by atoms with van der Waals surface area (Å²) < 4.78 is 4.54. The van der Waals surface area contributed by atoms with Crippen LogP contribution in [-0.2, 0) is 15.1 Å². The minimum absolute atomic E-state index is 0.0807. The van der Waals surface area contributed by atoms with E-state index < -0.39 is 11.5 Å². The smallest absolute Gasteiger partial charge is 0.325 e. The minimum atomic E-state index is -0.452. The monoisotopic (exact) mass is 277 g/mol. The highest BCUT2D eigenvalue weighted by molar-refractivity contribution is 5.81. The van der Waals surface area contributed by atoms with Crippen molar-refractivity contribution in [2.45, 2.75) is 18.4 Å². The van der Waals surface area contributed by atoms with E-state index in [4.69, 9.17) is 5.73 Å². The molecule has 2 amide bonds. The molecule has 1 aliphatic rings. The third-order valence-corrected chi connectivity index (χ3v) is 3.51. The summed E-state index contributed by atoms with van der Waals surface area (Å²) >= 11 is 0. The van der Waals surface area contributed by atoms with E-state index in [1.54, 1.807) is 7.05 Å². The fraction of sp³-hybridized carbons (Fsp3) is 0.429. The number of urea groups is 1. The number of amides is 2. The van der Waals surface area contributed by atoms with Crippen LogP contribution in [0.4, 0.5) is 10.5 Å². The van der Waals surface area contributed by atoms with Gasteiger partial charge < -0.3 is 20.7 Å². The number of nitrogens with zero attached hydrogens (tertiary/aromatic N) is 1. The lowest BCUT2D eigenvalue weighted by molar-refractivity contribution is -0.141. The lowest BCUT2D eigenvalue weighted by Crippen LogP contribution is -2.45. The number of methoxy groups -OCH3 is 1. The predicted octanol–water partition coefficient (Wildman–Crippen LogP) is 1.07. The third kappa shape index (κ3) is 2.84. The zero-order valence-electron chi connectivity index (χ0n) is 11.7. The minimum Gasteiger partial charge on any atom is -0.468 e. The van der Waals surface area contributed by atoms with Gasteiger partial charge in [0.25, 0.3) is 0 Å². The van der Waals surface area contributed by atoms with Gasteiger partial charge in [0.2, 0.25) is 0 Å². The molecule has 0 aliphatic heterocycles. The number of likely N-dealkylation sites (N-methyl/N-ethyl adjacent to an activating group) is 1. The number of hydrogen-bond acceptors (Lipinski definition) is 4. The first-order chi connectivity index (χ1) is 9.48. The van der Waals surface area contributed by atoms with Gasteiger partial charge in [-0.05, 0) is 18.9 Å². The molecule has 1 aromatic carbocycles. The van der Waals surface area contributed by atoms with Gasteiger partial charge in [0.15, 0.2) is 0 Å². The second-order valence-corrected chi connectivity index (χ2v) is 5.03. The molecule has 20 heavy (non-hydrogen) atoms. The summed E-state index contributed by atoms with van der Waals surface area (Å²) in [5.41, 5.74) is 7.16. The highest BCUT2D eigenvalue weighted by atomic mass is 16.5. The number of hydrogen-bond donors (Lipinski definition) is 2. The van der Waals surface area contributed by atoms with E-state index in [2.05, 4.69) is 10.1 Å². The normalized spacial score (nSPS) is 15.3. The second kappa shape index (κ2) is 5.40. The van der Waals surface area contributed by atoms with Crippen molar-refractivity contribution in [3.05, 3.63) is 29.8 Å². The first-order valence-electron chi connectivity index (χ1n) is 6.43. The zero-order chi connectivity index (χ0) is 14.8. The van der Waals surface area contributed by atoms with Crippen molar-refractivity contribution in [2.24, 2.45) is 0 Å². The summed E-state index contributed by atoms with van der Waals surface area (Å²) in [6.07, 6.45) is 1.69. The Balaban J connectivity index is 2.04. The number of esters is 1. The lowest BCUT2D eigenvalue weighted by Gasteiger charge is -2.24. The van der Waals surface area contributed by atoms with Crippen LogP contribution in [0.15, 0.2) is 24.3 Å². The highest BCUT2D eigenvalue weighted by Gasteiger charge is 2.47. The number of carbonyl (C=O) groups is 2. The maximum Gasteiger partial charge on any atom is 0.325 e. The lowest BCUT2D eigenvalue weighted by atomic mass is 10.0. The number of rotatable bonds is 4. The number of carbonyl (C=O) groups excluding carboxylic acids is 2. The molecular formula is C14H19N3O3. The molecule has 0 saturated heterocycles. The molecular weight excluding hydrogens is 258 g/mol. The first kappa shape index (κ1) is 14.2. The van der Waals surface area contributed by atoms with Crippen molar-refractivity contribution >= 4 is 17.7 Å². The summed E-state index contributed by atoms with van der Waals surface area (Å²) in [7, 11) is 2.85. The number of benzene rings is 1. The van der Waals surface area contributed by atoms with Crippen LogP contribution in [0.2, 0.25) is 0 Å². The number of nitrogens with two attached hydrogens (primary N) is 1. The van der Waals surface area contributed by atoms with Gasteiger partial charge >= 0.3 is 12.0 Å². The summed E-state index contributed by atoms with van der Waals surface area (Å²) in [6, 6.07) is 7.19. The van der Waals surface area contributed by atoms with Crippen LogP contribution in [-0.4, -0.2) is 37.6 Å². The fourth-order valence-corrected chi connectivity index (χ4v) is 2.15. The summed E-state index contributed by atoms with van der Waals surface area (Å²) in [6.45, 7) is -0.0807. The van der Waals surface area contributed by atoms with E-state index in [0.29, 0.717) is 5.69 Å². The van der Waals surface area contributed by atoms with E-state index in [-0.39, 0.29) is 12.6 Å². The van der Waals surface area contributed by atoms with Crippen LogP contribution >= 0.6 is 0 Å². The molecule has 3 N–H and O–H groups in total. The van der Waals surface area contributed by atoms with Crippen molar-refractivity contribution in [2.75, 3.05) is 26.4 Å². The number of ether oxygens (including phenoxy) is 1. The van der Waals surface area contributed by atoms with Crippen molar-refractivity contribution in [3.8, 4) is 0 Å². The largest absolute Gasteiger partial charge is 0.468 e. The number of nitrogen functional groups attached to an aromatic ring is 1. The predicted molar refractivity (Wildman–Crippen MR) is 74.9 cm³/mol. The van der Waals surface area contributed by atoms with Gasteiger partial charge in [0, 0.05) is 18.3 Å². The van der Waals surface area contributed by atoms with Crippen LogP contribution < -0.4 is 11.1 Å². The maximum absolute atomic E-state index is 12.1. The Morgan fingerprint density at radius 1 is 1.40 bits per heavy atom. The van der Waals surface area contributed by atoms with Crippen LogP contribution in [0.5, 0.6) is 0 Å². The number of nitrogens with one attached hydrogen (secondary N) is 1. The van der Waals surface area contributed by atoms with Gasteiger partial charge in [-0.25, -0.2) is 4.79 Å². The Labute approximate surface area is 117 Å². The quantitative estimate of drug-likeness (QED) is 0.637. The molecule has 0 heterocycles. The molecule has 1 fully saturated rings. The topological polar surface area (TPSA) is 84.7 Å². The average molecular weight is 277 g/mol. The molecule has 1 aromatic rings. The van der Waals surface area contributed by atoms with Crippen molar-refractivity contribution in [3.63, 3.8) is 0 Å². The van der Waals surface area contributed by atoms with Crippen LogP contribution in [0.25, 0.3) is 0 Å².